The van der Waals surface area contributed by atoms with Gasteiger partial charge in [0.1, 0.15) is 0 Å². The average molecular weight is 314 g/mol. The fourth-order valence-corrected chi connectivity index (χ4v) is 2.16. The lowest BCUT2D eigenvalue weighted by atomic mass is 10.2. The van der Waals surface area contributed by atoms with Crippen LogP contribution in [-0.4, -0.2) is 43.7 Å². The van der Waals surface area contributed by atoms with Gasteiger partial charge >= 0.3 is 0 Å². The minimum Gasteiger partial charge on any atom is -0.399 e. The van der Waals surface area contributed by atoms with Crippen molar-refractivity contribution >= 4 is 28.9 Å². The van der Waals surface area contributed by atoms with Crippen molar-refractivity contribution in [2.75, 3.05) is 37.9 Å². The summed E-state index contributed by atoms with van der Waals surface area (Å²) in [7, 11) is 1.67. The Labute approximate surface area is 131 Å². The Morgan fingerprint density at radius 2 is 2.14 bits per heavy atom. The molecule has 3 N–H and O–H groups in total. The van der Waals surface area contributed by atoms with Crippen molar-refractivity contribution in [3.8, 4) is 0 Å². The molecule has 1 amide bonds. The Bertz CT molecular complexity index is 466. The number of hydrogen-bond donors (Lipinski definition) is 2. The van der Waals surface area contributed by atoms with Crippen molar-refractivity contribution in [2.45, 2.75) is 26.3 Å². The van der Waals surface area contributed by atoms with Gasteiger partial charge in [-0.2, -0.15) is 0 Å². The highest BCUT2D eigenvalue weighted by molar-refractivity contribution is 6.34. The second-order valence-electron chi connectivity index (χ2n) is 5.16. The van der Waals surface area contributed by atoms with E-state index in [9.17, 15) is 4.79 Å². The molecule has 0 aliphatic rings. The molecule has 0 saturated heterocycles. The lowest BCUT2D eigenvalue weighted by Gasteiger charge is -2.25. The van der Waals surface area contributed by atoms with Crippen LogP contribution in [0.15, 0.2) is 18.2 Å². The fourth-order valence-electron chi connectivity index (χ4n) is 1.93. The first-order chi connectivity index (χ1) is 9.93. The molecule has 0 saturated carbocycles. The van der Waals surface area contributed by atoms with Crippen molar-refractivity contribution in [3.63, 3.8) is 0 Å². The summed E-state index contributed by atoms with van der Waals surface area (Å²) in [6, 6.07) is 5.41. The number of anilines is 2. The van der Waals surface area contributed by atoms with Crippen LogP contribution in [-0.2, 0) is 9.53 Å². The number of methoxy groups -OCH3 is 1. The predicted octanol–water partition coefficient (Wildman–Crippen LogP) is 2.61. The van der Waals surface area contributed by atoms with Crippen molar-refractivity contribution in [2.24, 2.45) is 0 Å². The molecule has 5 nitrogen and oxygen atoms in total. The summed E-state index contributed by atoms with van der Waals surface area (Å²) in [4.78, 5) is 14.2. The number of ether oxygens (including phenoxy) is 1. The summed E-state index contributed by atoms with van der Waals surface area (Å²) in [6.07, 6.45) is 0.405. The SMILES string of the molecule is COCCN(CCC(=O)Nc1ccc(N)cc1Cl)C(C)C. The number of nitrogens with zero attached hydrogens (tertiary/aromatic N) is 1. The monoisotopic (exact) mass is 313 g/mol. The first-order valence-electron chi connectivity index (χ1n) is 7.02. The van der Waals surface area contributed by atoms with Crippen LogP contribution < -0.4 is 11.1 Å². The van der Waals surface area contributed by atoms with Gasteiger partial charge in [0, 0.05) is 38.3 Å². The Balaban J connectivity index is 2.49. The summed E-state index contributed by atoms with van der Waals surface area (Å²) in [6.45, 7) is 6.35. The maximum absolute atomic E-state index is 12.0. The number of amides is 1. The zero-order chi connectivity index (χ0) is 15.8. The van der Waals surface area contributed by atoms with Crippen LogP contribution in [0.2, 0.25) is 5.02 Å². The number of nitrogens with one attached hydrogen (secondary N) is 1. The number of halogens is 1. The largest absolute Gasteiger partial charge is 0.399 e. The smallest absolute Gasteiger partial charge is 0.225 e. The van der Waals surface area contributed by atoms with Gasteiger partial charge in [-0.1, -0.05) is 11.6 Å². The highest BCUT2D eigenvalue weighted by atomic mass is 35.5. The fraction of sp³-hybridized carbons (Fsp3) is 0.533. The van der Waals surface area contributed by atoms with Crippen LogP contribution in [0.5, 0.6) is 0 Å². The predicted molar refractivity (Wildman–Crippen MR) is 87.7 cm³/mol. The molecule has 0 aliphatic carbocycles. The second kappa shape index (κ2) is 8.87. The Kier molecular flexibility index (Phi) is 7.50. The van der Waals surface area contributed by atoms with E-state index in [1.54, 1.807) is 25.3 Å². The Morgan fingerprint density at radius 3 is 2.71 bits per heavy atom. The molecule has 0 aliphatic heterocycles. The van der Waals surface area contributed by atoms with Crippen molar-refractivity contribution in [1.82, 2.24) is 4.90 Å². The zero-order valence-corrected chi connectivity index (χ0v) is 13.6. The molecule has 1 rings (SSSR count). The molecule has 0 radical (unpaired) electrons. The molecular weight excluding hydrogens is 290 g/mol. The summed E-state index contributed by atoms with van der Waals surface area (Å²) in [5, 5.41) is 3.25. The van der Waals surface area contributed by atoms with Gasteiger partial charge < -0.3 is 15.8 Å². The van der Waals surface area contributed by atoms with Gasteiger partial charge in [0.15, 0.2) is 0 Å². The molecule has 0 spiro atoms. The van der Waals surface area contributed by atoms with Crippen LogP contribution in [0.3, 0.4) is 0 Å². The van der Waals surface area contributed by atoms with Crippen molar-refractivity contribution in [1.29, 1.82) is 0 Å². The van der Waals surface area contributed by atoms with Gasteiger partial charge in [0.25, 0.3) is 0 Å². The van der Waals surface area contributed by atoms with Crippen LogP contribution >= 0.6 is 11.6 Å². The van der Waals surface area contributed by atoms with E-state index in [-0.39, 0.29) is 5.91 Å². The molecule has 0 unspecified atom stereocenters. The first kappa shape index (κ1) is 17.8. The lowest BCUT2D eigenvalue weighted by molar-refractivity contribution is -0.116. The summed E-state index contributed by atoms with van der Waals surface area (Å²) in [5.74, 6) is -0.0651. The molecule has 21 heavy (non-hydrogen) atoms. The Hall–Kier alpha value is -1.30. The summed E-state index contributed by atoms with van der Waals surface area (Å²) < 4.78 is 5.08. The lowest BCUT2D eigenvalue weighted by Crippen LogP contribution is -2.36. The van der Waals surface area contributed by atoms with Gasteiger partial charge in [-0.05, 0) is 32.0 Å². The molecule has 0 bridgehead atoms. The highest BCUT2D eigenvalue weighted by Gasteiger charge is 2.12. The standard InChI is InChI=1S/C15H24ClN3O2/c1-11(2)19(8-9-21-3)7-6-15(20)18-14-5-4-12(17)10-13(14)16/h4-5,10-11H,6-9,17H2,1-3H3,(H,18,20). The normalized spacial score (nSPS) is 11.1. The van der Waals surface area contributed by atoms with E-state index < -0.39 is 0 Å². The van der Waals surface area contributed by atoms with Gasteiger partial charge in [-0.3, -0.25) is 9.69 Å². The first-order valence-corrected chi connectivity index (χ1v) is 7.39. The Morgan fingerprint density at radius 1 is 1.43 bits per heavy atom. The molecule has 118 valence electrons. The number of benzene rings is 1. The molecule has 0 heterocycles. The third-order valence-corrected chi connectivity index (χ3v) is 3.52. The van der Waals surface area contributed by atoms with Gasteiger partial charge in [0.2, 0.25) is 5.91 Å². The van der Waals surface area contributed by atoms with Crippen molar-refractivity contribution < 1.29 is 9.53 Å². The maximum atomic E-state index is 12.0. The number of carbonyl (C=O) groups excluding carboxylic acids is 1. The van der Waals surface area contributed by atoms with E-state index in [1.165, 1.54) is 0 Å². The molecule has 1 aromatic carbocycles. The number of rotatable bonds is 8. The third-order valence-electron chi connectivity index (χ3n) is 3.21. The summed E-state index contributed by atoms with van der Waals surface area (Å²) in [5.41, 5.74) is 6.78. The van der Waals surface area contributed by atoms with E-state index in [0.29, 0.717) is 42.0 Å². The maximum Gasteiger partial charge on any atom is 0.225 e. The number of nitrogens with two attached hydrogens (primary N) is 1. The second-order valence-corrected chi connectivity index (χ2v) is 5.57. The number of hydrogen-bond acceptors (Lipinski definition) is 4. The molecule has 6 heteroatoms. The zero-order valence-electron chi connectivity index (χ0n) is 12.9. The molecule has 0 fully saturated rings. The highest BCUT2D eigenvalue weighted by Crippen LogP contribution is 2.24. The molecule has 0 atom stereocenters. The van der Waals surface area contributed by atoms with E-state index in [4.69, 9.17) is 22.1 Å². The van der Waals surface area contributed by atoms with E-state index in [1.807, 2.05) is 0 Å². The van der Waals surface area contributed by atoms with Crippen LogP contribution in [0.25, 0.3) is 0 Å². The number of nitrogen functional groups attached to an aromatic ring is 1. The average Bonchev–Trinajstić information content (AvgIpc) is 2.41. The van der Waals surface area contributed by atoms with E-state index in [2.05, 4.69) is 24.1 Å². The third kappa shape index (κ3) is 6.33. The van der Waals surface area contributed by atoms with E-state index in [0.717, 1.165) is 6.54 Å². The van der Waals surface area contributed by atoms with E-state index >= 15 is 0 Å². The summed E-state index contributed by atoms with van der Waals surface area (Å²) >= 11 is 6.03. The van der Waals surface area contributed by atoms with Crippen LogP contribution in [0.1, 0.15) is 20.3 Å². The molecule has 1 aromatic rings. The van der Waals surface area contributed by atoms with Gasteiger partial charge in [-0.15, -0.1) is 0 Å². The van der Waals surface area contributed by atoms with Gasteiger partial charge in [-0.25, -0.2) is 0 Å². The number of carbonyl (C=O) groups is 1. The van der Waals surface area contributed by atoms with Crippen LogP contribution in [0.4, 0.5) is 11.4 Å². The topological polar surface area (TPSA) is 67.6 Å². The van der Waals surface area contributed by atoms with Crippen LogP contribution in [0, 0.1) is 0 Å². The quantitative estimate of drug-likeness (QED) is 0.724. The minimum atomic E-state index is -0.0651. The molecular formula is C15H24ClN3O2. The van der Waals surface area contributed by atoms with Gasteiger partial charge in [0.05, 0.1) is 17.3 Å². The minimum absolute atomic E-state index is 0.0651. The molecule has 0 aromatic heterocycles. The van der Waals surface area contributed by atoms with Crippen molar-refractivity contribution in [3.05, 3.63) is 23.2 Å².